The Balaban J connectivity index is 2.57. The number of aryl methyl sites for hydroxylation is 1. The van der Waals surface area contributed by atoms with Gasteiger partial charge in [0.05, 0.1) is 0 Å². The van der Waals surface area contributed by atoms with Gasteiger partial charge in [0.15, 0.2) is 5.69 Å². The van der Waals surface area contributed by atoms with Crippen LogP contribution in [0, 0.1) is 0 Å². The molecular weight excluding hydrogens is 198 g/mol. The van der Waals surface area contributed by atoms with Crippen molar-refractivity contribution in [2.45, 2.75) is 18.9 Å². The average Bonchev–Trinajstić information content (AvgIpc) is 2.73. The summed E-state index contributed by atoms with van der Waals surface area (Å²) >= 11 is 0. The minimum atomic E-state index is -0.415. The van der Waals surface area contributed by atoms with Crippen LogP contribution in [0.25, 0.3) is 0 Å². The fraction of sp³-hybridized carbons (Fsp3) is 0.667. The standard InChI is InChI=1S/C9H13N3O3/c1-11-8(13)7(6-4-3-5-15-6)10-12(2)9(11)14/h6H,3-5H2,1-2H3. The molecule has 15 heavy (non-hydrogen) atoms. The zero-order valence-corrected chi connectivity index (χ0v) is 8.77. The third-order valence-electron chi connectivity index (χ3n) is 2.58. The summed E-state index contributed by atoms with van der Waals surface area (Å²) in [5, 5.41) is 3.96. The third kappa shape index (κ3) is 1.61. The Hall–Kier alpha value is -1.43. The highest BCUT2D eigenvalue weighted by Gasteiger charge is 2.24. The number of ether oxygens (including phenoxy) is 1. The molecule has 0 amide bonds. The van der Waals surface area contributed by atoms with Crippen LogP contribution in [0.4, 0.5) is 0 Å². The summed E-state index contributed by atoms with van der Waals surface area (Å²) in [4.78, 5) is 23.1. The zero-order chi connectivity index (χ0) is 11.0. The van der Waals surface area contributed by atoms with Gasteiger partial charge < -0.3 is 4.74 Å². The lowest BCUT2D eigenvalue weighted by Gasteiger charge is -2.10. The monoisotopic (exact) mass is 211 g/mol. The molecule has 1 atom stereocenters. The maximum Gasteiger partial charge on any atom is 0.346 e. The Kier molecular flexibility index (Phi) is 2.44. The molecule has 0 radical (unpaired) electrons. The first-order valence-electron chi connectivity index (χ1n) is 4.87. The molecule has 6 nitrogen and oxygen atoms in total. The summed E-state index contributed by atoms with van der Waals surface area (Å²) in [6.07, 6.45) is 1.47. The summed E-state index contributed by atoms with van der Waals surface area (Å²) in [5.74, 6) is 0. The SMILES string of the molecule is Cn1nc(C2CCCO2)c(=O)n(C)c1=O. The second-order valence-corrected chi connectivity index (χ2v) is 3.66. The highest BCUT2D eigenvalue weighted by Crippen LogP contribution is 2.24. The lowest BCUT2D eigenvalue weighted by molar-refractivity contribution is 0.105. The van der Waals surface area contributed by atoms with Crippen LogP contribution in [0.15, 0.2) is 9.59 Å². The van der Waals surface area contributed by atoms with Gasteiger partial charge >= 0.3 is 5.69 Å². The number of hydrogen-bond acceptors (Lipinski definition) is 4. The van der Waals surface area contributed by atoms with Gasteiger partial charge in [-0.2, -0.15) is 5.10 Å². The quantitative estimate of drug-likeness (QED) is 0.618. The smallest absolute Gasteiger partial charge is 0.346 e. The van der Waals surface area contributed by atoms with Crippen molar-refractivity contribution in [3.8, 4) is 0 Å². The molecule has 0 spiro atoms. The molecule has 82 valence electrons. The largest absolute Gasteiger partial charge is 0.372 e. The van der Waals surface area contributed by atoms with E-state index in [-0.39, 0.29) is 11.7 Å². The van der Waals surface area contributed by atoms with Gasteiger partial charge in [0.25, 0.3) is 5.56 Å². The summed E-state index contributed by atoms with van der Waals surface area (Å²) in [6, 6.07) is 0. The molecule has 1 aromatic heterocycles. The van der Waals surface area contributed by atoms with E-state index in [2.05, 4.69) is 5.10 Å². The Bertz CT molecular complexity index is 482. The summed E-state index contributed by atoms with van der Waals surface area (Å²) in [6.45, 7) is 0.651. The number of aromatic nitrogens is 3. The molecule has 1 aromatic rings. The molecule has 0 aromatic carbocycles. The van der Waals surface area contributed by atoms with Crippen molar-refractivity contribution < 1.29 is 4.74 Å². The minimum Gasteiger partial charge on any atom is -0.372 e. The van der Waals surface area contributed by atoms with E-state index >= 15 is 0 Å². The van der Waals surface area contributed by atoms with Crippen LogP contribution in [0.5, 0.6) is 0 Å². The van der Waals surface area contributed by atoms with E-state index in [1.54, 1.807) is 0 Å². The highest BCUT2D eigenvalue weighted by atomic mass is 16.5. The predicted molar refractivity (Wildman–Crippen MR) is 52.6 cm³/mol. The van der Waals surface area contributed by atoms with Gasteiger partial charge in [-0.1, -0.05) is 0 Å². The molecule has 0 aliphatic carbocycles. The minimum absolute atomic E-state index is 0.254. The summed E-state index contributed by atoms with van der Waals surface area (Å²) in [5.41, 5.74) is -0.441. The molecule has 1 aliphatic heterocycles. The number of nitrogens with zero attached hydrogens (tertiary/aromatic N) is 3. The van der Waals surface area contributed by atoms with Gasteiger partial charge in [0, 0.05) is 20.7 Å². The highest BCUT2D eigenvalue weighted by molar-refractivity contribution is 5.00. The molecule has 1 unspecified atom stereocenters. The molecule has 2 rings (SSSR count). The molecule has 1 saturated heterocycles. The molecule has 0 saturated carbocycles. The van der Waals surface area contributed by atoms with E-state index in [9.17, 15) is 9.59 Å². The van der Waals surface area contributed by atoms with E-state index in [1.807, 2.05) is 0 Å². The van der Waals surface area contributed by atoms with E-state index in [4.69, 9.17) is 4.74 Å². The maximum atomic E-state index is 11.7. The van der Waals surface area contributed by atoms with Crippen molar-refractivity contribution in [2.24, 2.45) is 14.1 Å². The predicted octanol–water partition coefficient (Wildman–Crippen LogP) is -0.669. The van der Waals surface area contributed by atoms with Crippen LogP contribution in [-0.2, 0) is 18.8 Å². The molecule has 0 bridgehead atoms. The first-order valence-corrected chi connectivity index (χ1v) is 4.87. The van der Waals surface area contributed by atoms with Gasteiger partial charge in [0.1, 0.15) is 6.10 Å². The lowest BCUT2D eigenvalue weighted by atomic mass is 10.2. The second-order valence-electron chi connectivity index (χ2n) is 3.66. The third-order valence-corrected chi connectivity index (χ3v) is 2.58. The van der Waals surface area contributed by atoms with Crippen molar-refractivity contribution in [1.29, 1.82) is 0 Å². The first kappa shape index (κ1) is 10.1. The molecule has 1 fully saturated rings. The molecule has 0 N–H and O–H groups in total. The fourth-order valence-electron chi connectivity index (χ4n) is 1.72. The normalized spacial score (nSPS) is 20.8. The van der Waals surface area contributed by atoms with Crippen LogP contribution in [0.2, 0.25) is 0 Å². The topological polar surface area (TPSA) is 66.1 Å². The van der Waals surface area contributed by atoms with E-state index < -0.39 is 5.69 Å². The van der Waals surface area contributed by atoms with Crippen LogP contribution >= 0.6 is 0 Å². The van der Waals surface area contributed by atoms with Crippen molar-refractivity contribution >= 4 is 0 Å². The molecule has 6 heteroatoms. The summed E-state index contributed by atoms with van der Waals surface area (Å²) in [7, 11) is 2.98. The van der Waals surface area contributed by atoms with Crippen molar-refractivity contribution in [3.63, 3.8) is 0 Å². The fourth-order valence-corrected chi connectivity index (χ4v) is 1.72. The van der Waals surface area contributed by atoms with Crippen LogP contribution in [0.1, 0.15) is 24.6 Å². The Morgan fingerprint density at radius 2 is 2.13 bits per heavy atom. The van der Waals surface area contributed by atoms with Gasteiger partial charge in [-0.25, -0.2) is 9.48 Å². The lowest BCUT2D eigenvalue weighted by Crippen LogP contribution is -2.41. The molecule has 1 aliphatic rings. The van der Waals surface area contributed by atoms with Gasteiger partial charge in [-0.05, 0) is 12.8 Å². The number of hydrogen-bond donors (Lipinski definition) is 0. The van der Waals surface area contributed by atoms with Crippen LogP contribution in [-0.4, -0.2) is 21.0 Å². The van der Waals surface area contributed by atoms with Crippen molar-refractivity contribution in [2.75, 3.05) is 6.61 Å². The average molecular weight is 211 g/mol. The Labute approximate surface area is 86.1 Å². The van der Waals surface area contributed by atoms with Crippen LogP contribution < -0.4 is 11.2 Å². The van der Waals surface area contributed by atoms with E-state index in [1.165, 1.54) is 18.8 Å². The first-order chi connectivity index (χ1) is 7.11. The van der Waals surface area contributed by atoms with E-state index in [0.717, 1.165) is 17.4 Å². The number of rotatable bonds is 1. The Morgan fingerprint density at radius 1 is 1.40 bits per heavy atom. The zero-order valence-electron chi connectivity index (χ0n) is 8.77. The Morgan fingerprint density at radius 3 is 2.73 bits per heavy atom. The van der Waals surface area contributed by atoms with Gasteiger partial charge in [-0.15, -0.1) is 0 Å². The van der Waals surface area contributed by atoms with Crippen molar-refractivity contribution in [3.05, 3.63) is 26.5 Å². The maximum absolute atomic E-state index is 11.7. The second kappa shape index (κ2) is 3.62. The molecule has 2 heterocycles. The van der Waals surface area contributed by atoms with Crippen molar-refractivity contribution in [1.82, 2.24) is 14.3 Å². The van der Waals surface area contributed by atoms with Gasteiger partial charge in [0.2, 0.25) is 0 Å². The summed E-state index contributed by atoms with van der Waals surface area (Å²) < 4.78 is 7.60. The molecular formula is C9H13N3O3. The van der Waals surface area contributed by atoms with E-state index in [0.29, 0.717) is 12.3 Å². The van der Waals surface area contributed by atoms with Crippen LogP contribution in [0.3, 0.4) is 0 Å². The van der Waals surface area contributed by atoms with Gasteiger partial charge in [-0.3, -0.25) is 9.36 Å².